The summed E-state index contributed by atoms with van der Waals surface area (Å²) in [6, 6.07) is 7.38. The summed E-state index contributed by atoms with van der Waals surface area (Å²) in [5.74, 6) is -1.17. The second-order valence-electron chi connectivity index (χ2n) is 12.2. The van der Waals surface area contributed by atoms with Crippen molar-refractivity contribution < 1.29 is 27.0 Å². The van der Waals surface area contributed by atoms with Crippen LogP contribution in [0.2, 0.25) is 5.02 Å². The monoisotopic (exact) mass is 738 g/mol. The Bertz CT molecular complexity index is 2220. The Balaban J connectivity index is 0.000000389. The van der Waals surface area contributed by atoms with Crippen molar-refractivity contribution in [1.29, 1.82) is 5.26 Å². The molecule has 4 N–H and O–H groups in total. The molecule has 6 heterocycles. The van der Waals surface area contributed by atoms with Crippen molar-refractivity contribution >= 4 is 60.6 Å². The van der Waals surface area contributed by atoms with Crippen molar-refractivity contribution in [3.8, 4) is 29.0 Å². The maximum Gasteiger partial charge on any atom is 0.318 e. The molecule has 2 saturated heterocycles. The highest BCUT2D eigenvalue weighted by Crippen LogP contribution is 2.51. The molecule has 3 aliphatic heterocycles. The topological polar surface area (TPSA) is 139 Å². The fourth-order valence-electron chi connectivity index (χ4n) is 7.19. The van der Waals surface area contributed by atoms with Gasteiger partial charge in [-0.05, 0) is 49.6 Å². The third-order valence-electron chi connectivity index (χ3n) is 9.42. The molecule has 0 bridgehead atoms. The first kappa shape index (κ1) is 34.5. The van der Waals surface area contributed by atoms with Crippen LogP contribution in [0.5, 0.6) is 11.8 Å². The van der Waals surface area contributed by atoms with Gasteiger partial charge in [0.25, 0.3) is 0 Å². The van der Waals surface area contributed by atoms with Gasteiger partial charge in [0.15, 0.2) is 11.6 Å². The summed E-state index contributed by atoms with van der Waals surface area (Å²) in [5.41, 5.74) is 12.3. The van der Waals surface area contributed by atoms with Crippen LogP contribution in [0.15, 0.2) is 42.9 Å². The quantitative estimate of drug-likeness (QED) is 0.174. The second kappa shape index (κ2) is 14.0. The molecule has 0 aliphatic carbocycles. The predicted molar refractivity (Wildman–Crippen MR) is 190 cm³/mol. The fourth-order valence-corrected chi connectivity index (χ4v) is 8.47. The fraction of sp³-hybridized carbons (Fsp3) is 0.314. The Morgan fingerprint density at radius 3 is 2.75 bits per heavy atom. The first-order valence-electron chi connectivity index (χ1n) is 16.1. The minimum atomic E-state index is -0.897. The number of rotatable bonds is 5. The van der Waals surface area contributed by atoms with Gasteiger partial charge < -0.3 is 25.8 Å². The summed E-state index contributed by atoms with van der Waals surface area (Å²) in [6.45, 7) is 2.01. The number of nitrogens with two attached hydrogens (primary N) is 2. The van der Waals surface area contributed by atoms with Crippen molar-refractivity contribution in [2.45, 2.75) is 37.5 Å². The van der Waals surface area contributed by atoms with Crippen LogP contribution in [0.4, 0.5) is 34.2 Å². The van der Waals surface area contributed by atoms with E-state index in [1.807, 2.05) is 6.07 Å². The van der Waals surface area contributed by atoms with Crippen LogP contribution in [0.25, 0.3) is 32.1 Å². The van der Waals surface area contributed by atoms with Gasteiger partial charge in [-0.15, -0.1) is 11.3 Å². The van der Waals surface area contributed by atoms with Gasteiger partial charge in [0.1, 0.15) is 46.8 Å². The number of nitrogen functional groups attached to an aromatic ring is 2. The molecule has 0 amide bonds. The second-order valence-corrected chi connectivity index (χ2v) is 13.7. The van der Waals surface area contributed by atoms with Gasteiger partial charge in [-0.3, -0.25) is 4.90 Å². The average Bonchev–Trinajstić information content (AvgIpc) is 3.77. The number of aromatic nitrogens is 3. The number of alkyl halides is 1. The third-order valence-corrected chi connectivity index (χ3v) is 10.8. The van der Waals surface area contributed by atoms with Crippen LogP contribution in [0, 0.1) is 23.0 Å². The number of hydrogen-bond donors (Lipinski definition) is 2. The lowest BCUT2D eigenvalue weighted by Crippen LogP contribution is -2.32. The van der Waals surface area contributed by atoms with Gasteiger partial charge in [0.2, 0.25) is 0 Å². The molecular formula is C35H31ClF4N8O2S. The molecule has 8 rings (SSSR count). The Labute approximate surface area is 298 Å². The summed E-state index contributed by atoms with van der Waals surface area (Å²) < 4.78 is 69.3. The minimum Gasteiger partial charge on any atom is -0.489 e. The van der Waals surface area contributed by atoms with E-state index in [9.17, 15) is 18.4 Å². The largest absolute Gasteiger partial charge is 0.489 e. The standard InChI is InChI=1S/C28H19ClF3N7O2S.C7H12FN/c1-40-28-37-22-19-23(41-10-9-39(27(19)38-28)16(6-7-30)12-3-2-8-36-25(12)34)20(29)18(21(22)32)13-4-5-15(31)24-17(13)14(11-33)26(35)42-24;8-6-4-7-2-1-3-9(7)5-6/h2-8,16H,9-10,35H2,1H3,(H2,34,36);6-7H,1-5H2/b7-6-;. The number of nitriles is 1. The first-order chi connectivity index (χ1) is 24.7. The van der Waals surface area contributed by atoms with E-state index in [1.165, 1.54) is 38.3 Å². The minimum absolute atomic E-state index is 0.00566. The molecular weight excluding hydrogens is 708 g/mol. The maximum absolute atomic E-state index is 16.7. The van der Waals surface area contributed by atoms with Crippen LogP contribution in [-0.4, -0.2) is 65.4 Å². The number of pyridine rings is 1. The Kier molecular flexibility index (Phi) is 9.49. The molecule has 16 heteroatoms. The van der Waals surface area contributed by atoms with E-state index < -0.39 is 23.8 Å². The number of benzene rings is 2. The van der Waals surface area contributed by atoms with Crippen LogP contribution in [0.3, 0.4) is 0 Å². The molecule has 3 aromatic heterocycles. The average molecular weight is 739 g/mol. The van der Waals surface area contributed by atoms with Crippen molar-refractivity contribution in [3.05, 3.63) is 70.7 Å². The van der Waals surface area contributed by atoms with Crippen LogP contribution < -0.4 is 25.8 Å². The number of anilines is 3. The molecule has 5 aromatic rings. The zero-order valence-corrected chi connectivity index (χ0v) is 28.7. The Hall–Kier alpha value is -4.91. The number of ether oxygens (including phenoxy) is 2. The van der Waals surface area contributed by atoms with E-state index in [-0.39, 0.29) is 84.3 Å². The van der Waals surface area contributed by atoms with Crippen LogP contribution in [-0.2, 0) is 0 Å². The highest BCUT2D eigenvalue weighted by molar-refractivity contribution is 7.23. The SMILES string of the molecule is COc1nc2c3c(c(Cl)c(-c4ccc(F)c5sc(N)c(C#N)c45)c(F)c3n1)OCCN2C(/C=C\F)c1cccnc1N.FC1CC2CCCN2C1. The lowest BCUT2D eigenvalue weighted by atomic mass is 9.96. The van der Waals surface area contributed by atoms with Gasteiger partial charge >= 0.3 is 6.01 Å². The summed E-state index contributed by atoms with van der Waals surface area (Å²) in [6.07, 6.45) is 5.94. The number of nitrogens with zero attached hydrogens (tertiary/aromatic N) is 6. The number of halogens is 5. The summed E-state index contributed by atoms with van der Waals surface area (Å²) in [7, 11) is 1.32. The molecule has 3 unspecified atom stereocenters. The summed E-state index contributed by atoms with van der Waals surface area (Å²) in [4.78, 5) is 16.8. The van der Waals surface area contributed by atoms with E-state index >= 15 is 4.39 Å². The lowest BCUT2D eigenvalue weighted by molar-refractivity contribution is 0.292. The van der Waals surface area contributed by atoms with E-state index in [0.717, 1.165) is 30.4 Å². The maximum atomic E-state index is 16.7. The normalized spacial score (nSPS) is 19.0. The van der Waals surface area contributed by atoms with Crippen LogP contribution in [0.1, 0.15) is 36.4 Å². The molecule has 3 aliphatic rings. The molecule has 0 radical (unpaired) electrons. The molecule has 2 aromatic carbocycles. The predicted octanol–water partition coefficient (Wildman–Crippen LogP) is 7.50. The molecule has 264 valence electrons. The van der Waals surface area contributed by atoms with Crippen molar-refractivity contribution in [3.63, 3.8) is 0 Å². The smallest absolute Gasteiger partial charge is 0.318 e. The molecule has 0 spiro atoms. The van der Waals surface area contributed by atoms with E-state index in [1.54, 1.807) is 17.0 Å². The zero-order chi connectivity index (χ0) is 36.0. The van der Waals surface area contributed by atoms with Gasteiger partial charge in [-0.2, -0.15) is 15.2 Å². The van der Waals surface area contributed by atoms with Gasteiger partial charge in [-0.25, -0.2) is 22.5 Å². The third kappa shape index (κ3) is 6.00. The molecule has 51 heavy (non-hydrogen) atoms. The first-order valence-corrected chi connectivity index (χ1v) is 17.3. The Morgan fingerprint density at radius 2 is 2.02 bits per heavy atom. The van der Waals surface area contributed by atoms with Gasteiger partial charge in [-0.1, -0.05) is 23.7 Å². The van der Waals surface area contributed by atoms with Crippen molar-refractivity contribution in [2.75, 3.05) is 49.7 Å². The summed E-state index contributed by atoms with van der Waals surface area (Å²) in [5, 5.41) is 9.92. The highest BCUT2D eigenvalue weighted by atomic mass is 35.5. The Morgan fingerprint density at radius 1 is 1.20 bits per heavy atom. The van der Waals surface area contributed by atoms with E-state index in [4.69, 9.17) is 32.5 Å². The van der Waals surface area contributed by atoms with Crippen molar-refractivity contribution in [2.24, 2.45) is 0 Å². The lowest BCUT2D eigenvalue weighted by Gasteiger charge is -2.30. The molecule has 3 atom stereocenters. The van der Waals surface area contributed by atoms with Gasteiger partial charge in [0.05, 0.1) is 46.7 Å². The summed E-state index contributed by atoms with van der Waals surface area (Å²) >= 11 is 7.75. The number of hydrogen-bond acceptors (Lipinski definition) is 11. The molecule has 2 fully saturated rings. The molecule has 0 saturated carbocycles. The zero-order valence-electron chi connectivity index (χ0n) is 27.2. The van der Waals surface area contributed by atoms with Gasteiger partial charge in [0, 0.05) is 35.3 Å². The number of thiophene rings is 1. The van der Waals surface area contributed by atoms with Crippen molar-refractivity contribution in [1.82, 2.24) is 19.9 Å². The number of fused-ring (bicyclic) bond motifs is 2. The van der Waals surface area contributed by atoms with Crippen LogP contribution >= 0.6 is 22.9 Å². The molecule has 10 nitrogen and oxygen atoms in total. The number of methoxy groups -OCH3 is 1. The highest BCUT2D eigenvalue weighted by Gasteiger charge is 2.36. The van der Waals surface area contributed by atoms with E-state index in [0.29, 0.717) is 24.5 Å². The van der Waals surface area contributed by atoms with E-state index in [2.05, 4.69) is 19.9 Å².